The van der Waals surface area contributed by atoms with E-state index in [0.717, 1.165) is 18.5 Å². The van der Waals surface area contributed by atoms with Crippen LogP contribution in [-0.4, -0.2) is 34.8 Å². The number of pyridine rings is 1. The number of carbonyl (C=O) groups is 2. The molecule has 1 aromatic heterocycles. The number of aryl methyl sites for hydroxylation is 1. The van der Waals surface area contributed by atoms with E-state index in [4.69, 9.17) is 0 Å². The van der Waals surface area contributed by atoms with Crippen LogP contribution in [0, 0.1) is 5.92 Å². The van der Waals surface area contributed by atoms with Crippen LogP contribution in [0.5, 0.6) is 0 Å². The zero-order chi connectivity index (χ0) is 17.5. The van der Waals surface area contributed by atoms with Gasteiger partial charge in [-0.25, -0.2) is 0 Å². The average Bonchev–Trinajstić information content (AvgIpc) is 3.02. The molecule has 1 N–H and O–H groups in total. The third kappa shape index (κ3) is 4.89. The summed E-state index contributed by atoms with van der Waals surface area (Å²) in [6.07, 6.45) is 3.87. The van der Waals surface area contributed by atoms with Crippen molar-refractivity contribution in [3.63, 3.8) is 0 Å². The third-order valence-corrected chi connectivity index (χ3v) is 4.49. The van der Waals surface area contributed by atoms with Gasteiger partial charge in [-0.05, 0) is 30.5 Å². The van der Waals surface area contributed by atoms with Gasteiger partial charge in [-0.15, -0.1) is 0 Å². The summed E-state index contributed by atoms with van der Waals surface area (Å²) >= 11 is 0. The molecular weight excluding hydrogens is 314 g/mol. The van der Waals surface area contributed by atoms with Crippen LogP contribution < -0.4 is 5.32 Å². The van der Waals surface area contributed by atoms with Gasteiger partial charge in [0, 0.05) is 25.7 Å². The van der Waals surface area contributed by atoms with E-state index in [2.05, 4.69) is 22.4 Å². The molecule has 1 aliphatic rings. The van der Waals surface area contributed by atoms with Crippen molar-refractivity contribution < 1.29 is 9.59 Å². The van der Waals surface area contributed by atoms with Crippen molar-refractivity contribution >= 4 is 11.8 Å². The lowest BCUT2D eigenvalue weighted by Crippen LogP contribution is -2.33. The van der Waals surface area contributed by atoms with Crippen molar-refractivity contribution in [2.24, 2.45) is 5.92 Å². The Morgan fingerprint density at radius 1 is 1.16 bits per heavy atom. The van der Waals surface area contributed by atoms with Crippen LogP contribution >= 0.6 is 0 Å². The van der Waals surface area contributed by atoms with Crippen LogP contribution in [-0.2, 0) is 22.6 Å². The van der Waals surface area contributed by atoms with E-state index in [0.29, 0.717) is 26.1 Å². The molecule has 2 amide bonds. The Bertz CT molecular complexity index is 703. The first kappa shape index (κ1) is 17.1. The van der Waals surface area contributed by atoms with Gasteiger partial charge in [0.1, 0.15) is 0 Å². The molecule has 2 aromatic rings. The molecule has 0 spiro atoms. The molecular formula is C20H23N3O2. The molecule has 25 heavy (non-hydrogen) atoms. The van der Waals surface area contributed by atoms with Gasteiger partial charge < -0.3 is 10.2 Å². The lowest BCUT2D eigenvalue weighted by Gasteiger charge is -2.16. The number of hydrogen-bond acceptors (Lipinski definition) is 3. The molecule has 0 bridgehead atoms. The first-order valence-electron chi connectivity index (χ1n) is 8.71. The molecule has 5 heteroatoms. The predicted octanol–water partition coefficient (Wildman–Crippen LogP) is 2.18. The summed E-state index contributed by atoms with van der Waals surface area (Å²) < 4.78 is 0. The lowest BCUT2D eigenvalue weighted by atomic mass is 10.1. The molecule has 1 fully saturated rings. The summed E-state index contributed by atoms with van der Waals surface area (Å²) in [6.45, 7) is 1.62. The second-order valence-corrected chi connectivity index (χ2v) is 6.37. The van der Waals surface area contributed by atoms with Gasteiger partial charge in [-0.2, -0.15) is 0 Å². The number of likely N-dealkylation sites (tertiary alicyclic amines) is 1. The van der Waals surface area contributed by atoms with E-state index in [-0.39, 0.29) is 17.7 Å². The highest BCUT2D eigenvalue weighted by atomic mass is 16.2. The number of hydrogen-bond donors (Lipinski definition) is 1. The predicted molar refractivity (Wildman–Crippen MR) is 95.5 cm³/mol. The number of nitrogens with one attached hydrogen (secondary N) is 1. The van der Waals surface area contributed by atoms with Gasteiger partial charge in [0.15, 0.2) is 0 Å². The monoisotopic (exact) mass is 337 g/mol. The topological polar surface area (TPSA) is 62.3 Å². The molecule has 5 nitrogen and oxygen atoms in total. The minimum absolute atomic E-state index is 0.0652. The average molecular weight is 337 g/mol. The molecule has 1 atom stereocenters. The van der Waals surface area contributed by atoms with E-state index in [1.54, 1.807) is 6.20 Å². The standard InChI is InChI=1S/C20H23N3O2/c24-19-13-17(20(25)22-14-18-10-4-5-11-21-18)15-23(19)12-6-9-16-7-2-1-3-8-16/h1-5,7-8,10-11,17H,6,9,12-15H2,(H,22,25). The SMILES string of the molecule is O=C(NCc1ccccn1)C1CC(=O)N(CCCc2ccccc2)C1. The number of benzene rings is 1. The van der Waals surface area contributed by atoms with Crippen molar-refractivity contribution in [2.75, 3.05) is 13.1 Å². The van der Waals surface area contributed by atoms with Crippen molar-refractivity contribution in [1.29, 1.82) is 0 Å². The first-order valence-corrected chi connectivity index (χ1v) is 8.71. The van der Waals surface area contributed by atoms with Gasteiger partial charge in [0.05, 0.1) is 18.2 Å². The third-order valence-electron chi connectivity index (χ3n) is 4.49. The summed E-state index contributed by atoms with van der Waals surface area (Å²) in [5.74, 6) is -0.247. The highest BCUT2D eigenvalue weighted by Crippen LogP contribution is 2.19. The Balaban J connectivity index is 1.42. The molecule has 0 aliphatic carbocycles. The van der Waals surface area contributed by atoms with Gasteiger partial charge in [0.25, 0.3) is 0 Å². The van der Waals surface area contributed by atoms with Crippen LogP contribution in [0.15, 0.2) is 54.7 Å². The quantitative estimate of drug-likeness (QED) is 0.842. The van der Waals surface area contributed by atoms with Crippen LogP contribution in [0.25, 0.3) is 0 Å². The number of aromatic nitrogens is 1. The maximum absolute atomic E-state index is 12.3. The molecule has 1 unspecified atom stereocenters. The maximum Gasteiger partial charge on any atom is 0.225 e. The molecule has 1 aromatic carbocycles. The zero-order valence-corrected chi connectivity index (χ0v) is 14.2. The zero-order valence-electron chi connectivity index (χ0n) is 14.2. The number of amides is 2. The van der Waals surface area contributed by atoms with Crippen molar-refractivity contribution in [3.8, 4) is 0 Å². The van der Waals surface area contributed by atoms with Crippen LogP contribution in [0.3, 0.4) is 0 Å². The van der Waals surface area contributed by atoms with Crippen LogP contribution in [0.4, 0.5) is 0 Å². The number of carbonyl (C=O) groups excluding carboxylic acids is 2. The summed E-state index contributed by atoms with van der Waals surface area (Å²) in [5.41, 5.74) is 2.10. The molecule has 2 heterocycles. The minimum atomic E-state index is -0.257. The summed E-state index contributed by atoms with van der Waals surface area (Å²) in [7, 11) is 0. The summed E-state index contributed by atoms with van der Waals surface area (Å²) in [5, 5.41) is 2.88. The second-order valence-electron chi connectivity index (χ2n) is 6.37. The van der Waals surface area contributed by atoms with Crippen LogP contribution in [0.1, 0.15) is 24.1 Å². The van der Waals surface area contributed by atoms with E-state index < -0.39 is 0 Å². The van der Waals surface area contributed by atoms with E-state index in [9.17, 15) is 9.59 Å². The summed E-state index contributed by atoms with van der Waals surface area (Å²) in [6, 6.07) is 15.9. The minimum Gasteiger partial charge on any atom is -0.350 e. The largest absolute Gasteiger partial charge is 0.350 e. The Morgan fingerprint density at radius 2 is 1.96 bits per heavy atom. The Morgan fingerprint density at radius 3 is 2.72 bits per heavy atom. The second kappa shape index (κ2) is 8.42. The number of rotatable bonds is 7. The van der Waals surface area contributed by atoms with Crippen molar-refractivity contribution in [3.05, 3.63) is 66.0 Å². The Kier molecular flexibility index (Phi) is 5.77. The van der Waals surface area contributed by atoms with Gasteiger partial charge >= 0.3 is 0 Å². The Labute approximate surface area is 148 Å². The summed E-state index contributed by atoms with van der Waals surface area (Å²) in [4.78, 5) is 30.4. The lowest BCUT2D eigenvalue weighted by molar-refractivity contribution is -0.129. The smallest absolute Gasteiger partial charge is 0.225 e. The number of nitrogens with zero attached hydrogens (tertiary/aromatic N) is 2. The van der Waals surface area contributed by atoms with Gasteiger partial charge in [-0.3, -0.25) is 14.6 Å². The molecule has 1 aliphatic heterocycles. The molecule has 130 valence electrons. The van der Waals surface area contributed by atoms with Gasteiger partial charge in [0.2, 0.25) is 11.8 Å². The maximum atomic E-state index is 12.3. The fourth-order valence-corrected chi connectivity index (χ4v) is 3.11. The molecule has 0 saturated carbocycles. The fraction of sp³-hybridized carbons (Fsp3) is 0.350. The fourth-order valence-electron chi connectivity index (χ4n) is 3.11. The normalized spacial score (nSPS) is 16.9. The highest BCUT2D eigenvalue weighted by Gasteiger charge is 2.33. The first-order chi connectivity index (χ1) is 12.2. The van der Waals surface area contributed by atoms with E-state index in [1.807, 2.05) is 41.3 Å². The molecule has 1 saturated heterocycles. The highest BCUT2D eigenvalue weighted by molar-refractivity contribution is 5.89. The molecule has 3 rings (SSSR count). The van der Waals surface area contributed by atoms with Crippen molar-refractivity contribution in [2.45, 2.75) is 25.8 Å². The Hall–Kier alpha value is -2.69. The molecule has 0 radical (unpaired) electrons. The van der Waals surface area contributed by atoms with Crippen LogP contribution in [0.2, 0.25) is 0 Å². The van der Waals surface area contributed by atoms with Gasteiger partial charge in [-0.1, -0.05) is 36.4 Å². The van der Waals surface area contributed by atoms with Crippen molar-refractivity contribution in [1.82, 2.24) is 15.2 Å². The van der Waals surface area contributed by atoms with E-state index >= 15 is 0 Å². The van der Waals surface area contributed by atoms with E-state index in [1.165, 1.54) is 5.56 Å².